The number of hydrogen-bond acceptors (Lipinski definition) is 5. The van der Waals surface area contributed by atoms with Gasteiger partial charge in [-0.3, -0.25) is 0 Å². The fraction of sp³-hybridized carbons (Fsp3) is 0.389. The Morgan fingerprint density at radius 1 is 1.32 bits per heavy atom. The molecular formula is C18H19FN4O2. The van der Waals surface area contributed by atoms with E-state index in [1.165, 1.54) is 12.4 Å². The first-order chi connectivity index (χ1) is 12.1. The molecule has 2 saturated heterocycles. The van der Waals surface area contributed by atoms with Crippen molar-refractivity contribution in [1.29, 1.82) is 0 Å². The number of hydrogen-bond donors (Lipinski definition) is 1. The second-order valence-electron chi connectivity index (χ2n) is 6.70. The fourth-order valence-electron chi connectivity index (χ4n) is 3.48. The standard InChI is InChI=1S/C18H19FN4O2/c1-2-12-3-4-13-14(15(12)19)16(22-11-21-13)25-17(24)23-7-5-18(6-8-23)9-20-10-18/h2-4,11,20H,1,5-10H2. The van der Waals surface area contributed by atoms with Gasteiger partial charge in [0.2, 0.25) is 5.88 Å². The number of aromatic nitrogens is 2. The molecule has 0 aliphatic carbocycles. The summed E-state index contributed by atoms with van der Waals surface area (Å²) in [7, 11) is 0. The molecule has 2 aromatic rings. The number of nitrogens with zero attached hydrogens (tertiary/aromatic N) is 3. The van der Waals surface area contributed by atoms with Gasteiger partial charge in [-0.15, -0.1) is 0 Å². The van der Waals surface area contributed by atoms with Gasteiger partial charge in [-0.25, -0.2) is 19.2 Å². The maximum absolute atomic E-state index is 14.6. The van der Waals surface area contributed by atoms with Crippen LogP contribution in [0.3, 0.4) is 0 Å². The highest BCUT2D eigenvalue weighted by molar-refractivity contribution is 5.88. The van der Waals surface area contributed by atoms with Gasteiger partial charge in [0, 0.05) is 31.7 Å². The Labute approximate surface area is 144 Å². The van der Waals surface area contributed by atoms with E-state index in [1.54, 1.807) is 17.0 Å². The average Bonchev–Trinajstić information content (AvgIpc) is 2.61. The molecule has 1 amide bonds. The monoisotopic (exact) mass is 342 g/mol. The lowest BCUT2D eigenvalue weighted by Gasteiger charge is -2.47. The maximum atomic E-state index is 14.6. The molecule has 0 atom stereocenters. The Morgan fingerprint density at radius 2 is 2.08 bits per heavy atom. The van der Waals surface area contributed by atoms with Crippen molar-refractivity contribution in [3.8, 4) is 5.88 Å². The summed E-state index contributed by atoms with van der Waals surface area (Å²) in [6.45, 7) is 6.91. The van der Waals surface area contributed by atoms with E-state index >= 15 is 0 Å². The summed E-state index contributed by atoms with van der Waals surface area (Å²) in [5.74, 6) is -0.587. The molecule has 130 valence electrons. The summed E-state index contributed by atoms with van der Waals surface area (Å²) in [5, 5.41) is 3.39. The lowest BCUT2D eigenvalue weighted by atomic mass is 9.73. The van der Waals surface area contributed by atoms with E-state index in [4.69, 9.17) is 4.74 Å². The van der Waals surface area contributed by atoms with Crippen molar-refractivity contribution >= 4 is 23.1 Å². The minimum absolute atomic E-state index is 0.0539. The van der Waals surface area contributed by atoms with Crippen molar-refractivity contribution in [2.75, 3.05) is 26.2 Å². The first kappa shape index (κ1) is 16.0. The van der Waals surface area contributed by atoms with Crippen LogP contribution in [0.2, 0.25) is 0 Å². The minimum Gasteiger partial charge on any atom is -0.390 e. The molecule has 7 heteroatoms. The summed E-state index contributed by atoms with van der Waals surface area (Å²) in [4.78, 5) is 22.1. The largest absolute Gasteiger partial charge is 0.416 e. The van der Waals surface area contributed by atoms with E-state index in [-0.39, 0.29) is 11.3 Å². The summed E-state index contributed by atoms with van der Waals surface area (Å²) >= 11 is 0. The molecule has 4 rings (SSSR count). The summed E-state index contributed by atoms with van der Waals surface area (Å²) in [5.41, 5.74) is 1.04. The molecule has 0 saturated carbocycles. The number of likely N-dealkylation sites (tertiary alicyclic amines) is 1. The van der Waals surface area contributed by atoms with Crippen LogP contribution in [-0.4, -0.2) is 47.1 Å². The molecule has 2 fully saturated rings. The third-order valence-corrected chi connectivity index (χ3v) is 5.22. The predicted molar refractivity (Wildman–Crippen MR) is 91.7 cm³/mol. The molecular weight excluding hydrogens is 323 g/mol. The second-order valence-corrected chi connectivity index (χ2v) is 6.70. The van der Waals surface area contributed by atoms with Crippen LogP contribution in [0.15, 0.2) is 25.0 Å². The summed E-state index contributed by atoms with van der Waals surface area (Å²) in [6.07, 6.45) is 4.08. The van der Waals surface area contributed by atoms with Crippen molar-refractivity contribution in [2.45, 2.75) is 12.8 Å². The Kier molecular flexibility index (Phi) is 3.88. The van der Waals surface area contributed by atoms with Crippen molar-refractivity contribution < 1.29 is 13.9 Å². The molecule has 2 aliphatic rings. The van der Waals surface area contributed by atoms with Crippen LogP contribution in [-0.2, 0) is 0 Å². The SMILES string of the molecule is C=Cc1ccc2ncnc(OC(=O)N3CCC4(CC3)CNC4)c2c1F. The van der Waals surface area contributed by atoms with Crippen LogP contribution in [0.4, 0.5) is 9.18 Å². The van der Waals surface area contributed by atoms with Crippen molar-refractivity contribution in [2.24, 2.45) is 5.41 Å². The molecule has 0 unspecified atom stereocenters. The Bertz CT molecular complexity index is 840. The lowest BCUT2D eigenvalue weighted by molar-refractivity contribution is 0.0566. The van der Waals surface area contributed by atoms with E-state index < -0.39 is 11.9 Å². The van der Waals surface area contributed by atoms with Gasteiger partial charge in [0.15, 0.2) is 0 Å². The maximum Gasteiger partial charge on any atom is 0.416 e. The predicted octanol–water partition coefficient (Wildman–Crippen LogP) is 2.60. The molecule has 1 N–H and O–H groups in total. The van der Waals surface area contributed by atoms with Crippen LogP contribution >= 0.6 is 0 Å². The second kappa shape index (κ2) is 6.07. The Hall–Kier alpha value is -2.54. The van der Waals surface area contributed by atoms with E-state index in [0.717, 1.165) is 25.9 Å². The normalized spacial score (nSPS) is 18.8. The van der Waals surface area contributed by atoms with Gasteiger partial charge in [0.1, 0.15) is 12.1 Å². The van der Waals surface area contributed by atoms with Crippen LogP contribution < -0.4 is 10.1 Å². The van der Waals surface area contributed by atoms with Gasteiger partial charge in [0.05, 0.1) is 10.9 Å². The number of fused-ring (bicyclic) bond motifs is 1. The van der Waals surface area contributed by atoms with E-state index in [9.17, 15) is 9.18 Å². The van der Waals surface area contributed by atoms with Gasteiger partial charge in [0.25, 0.3) is 0 Å². The average molecular weight is 342 g/mol. The smallest absolute Gasteiger partial charge is 0.390 e. The van der Waals surface area contributed by atoms with E-state index in [0.29, 0.717) is 29.6 Å². The Balaban J connectivity index is 1.56. The highest BCUT2D eigenvalue weighted by atomic mass is 19.1. The molecule has 3 heterocycles. The number of nitrogens with one attached hydrogen (secondary N) is 1. The van der Waals surface area contributed by atoms with Gasteiger partial charge in [-0.2, -0.15) is 0 Å². The molecule has 25 heavy (non-hydrogen) atoms. The first-order valence-electron chi connectivity index (χ1n) is 8.35. The third kappa shape index (κ3) is 2.74. The van der Waals surface area contributed by atoms with E-state index in [2.05, 4.69) is 21.9 Å². The van der Waals surface area contributed by atoms with Crippen LogP contribution in [0, 0.1) is 11.2 Å². The first-order valence-corrected chi connectivity index (χ1v) is 8.35. The zero-order valence-electron chi connectivity index (χ0n) is 13.8. The van der Waals surface area contributed by atoms with Gasteiger partial charge < -0.3 is 15.0 Å². The number of halogens is 1. The number of ether oxygens (including phenoxy) is 1. The summed E-state index contributed by atoms with van der Waals surface area (Å²) in [6, 6.07) is 3.24. The molecule has 1 spiro atoms. The molecule has 1 aromatic carbocycles. The molecule has 0 bridgehead atoms. The van der Waals surface area contributed by atoms with Crippen molar-refractivity contribution in [3.05, 3.63) is 36.4 Å². The fourth-order valence-corrected chi connectivity index (χ4v) is 3.48. The minimum atomic E-state index is -0.533. The molecule has 0 radical (unpaired) electrons. The molecule has 6 nitrogen and oxygen atoms in total. The lowest BCUT2D eigenvalue weighted by Crippen LogP contribution is -2.59. The number of carbonyl (C=O) groups is 1. The molecule has 2 aliphatic heterocycles. The Morgan fingerprint density at radius 3 is 2.72 bits per heavy atom. The van der Waals surface area contributed by atoms with Crippen LogP contribution in [0.5, 0.6) is 5.88 Å². The van der Waals surface area contributed by atoms with Gasteiger partial charge in [-0.05, 0) is 30.4 Å². The quantitative estimate of drug-likeness (QED) is 0.909. The highest BCUT2D eigenvalue weighted by Gasteiger charge is 2.41. The number of amides is 1. The molecule has 1 aromatic heterocycles. The van der Waals surface area contributed by atoms with Crippen molar-refractivity contribution in [1.82, 2.24) is 20.2 Å². The third-order valence-electron chi connectivity index (χ3n) is 5.22. The zero-order chi connectivity index (χ0) is 17.4. The van der Waals surface area contributed by atoms with Crippen LogP contribution in [0.1, 0.15) is 18.4 Å². The topological polar surface area (TPSA) is 67.4 Å². The van der Waals surface area contributed by atoms with Gasteiger partial charge >= 0.3 is 6.09 Å². The van der Waals surface area contributed by atoms with Gasteiger partial charge in [-0.1, -0.05) is 12.7 Å². The van der Waals surface area contributed by atoms with E-state index in [1.807, 2.05) is 0 Å². The van der Waals surface area contributed by atoms with Crippen molar-refractivity contribution in [3.63, 3.8) is 0 Å². The highest BCUT2D eigenvalue weighted by Crippen LogP contribution is 2.35. The number of benzene rings is 1. The summed E-state index contributed by atoms with van der Waals surface area (Å²) < 4.78 is 20.0. The number of piperidine rings is 1. The van der Waals surface area contributed by atoms with Crippen LogP contribution in [0.25, 0.3) is 17.0 Å². The number of carbonyl (C=O) groups excluding carboxylic acids is 1. The number of rotatable bonds is 2. The zero-order valence-corrected chi connectivity index (χ0v) is 13.8.